The summed E-state index contributed by atoms with van der Waals surface area (Å²) in [6.45, 7) is 0. The van der Waals surface area contributed by atoms with Crippen molar-refractivity contribution in [2.24, 2.45) is 0 Å². The molecule has 2 aromatic rings. The van der Waals surface area contributed by atoms with E-state index in [2.05, 4.69) is 32.8 Å². The largest absolute Gasteiger partial charge is 0.497 e. The standard InChI is InChI=1S/C13H13BrO2S/c1-15-10-3-4-12(16-2)11(7-10)13(14)9-5-6-17-8-9/h3-8,13H,1-2H3. The number of alkyl halides is 1. The minimum Gasteiger partial charge on any atom is -0.497 e. The van der Waals surface area contributed by atoms with Gasteiger partial charge in [0.2, 0.25) is 0 Å². The maximum atomic E-state index is 5.38. The maximum absolute atomic E-state index is 5.38. The maximum Gasteiger partial charge on any atom is 0.123 e. The van der Waals surface area contributed by atoms with E-state index in [4.69, 9.17) is 9.47 Å². The molecule has 90 valence electrons. The van der Waals surface area contributed by atoms with Gasteiger partial charge < -0.3 is 9.47 Å². The monoisotopic (exact) mass is 312 g/mol. The van der Waals surface area contributed by atoms with E-state index in [0.29, 0.717) is 0 Å². The van der Waals surface area contributed by atoms with Crippen molar-refractivity contribution in [2.45, 2.75) is 4.83 Å². The minimum absolute atomic E-state index is 0.124. The molecule has 0 radical (unpaired) electrons. The Morgan fingerprint density at radius 2 is 2.00 bits per heavy atom. The van der Waals surface area contributed by atoms with Gasteiger partial charge in [-0.3, -0.25) is 0 Å². The summed E-state index contributed by atoms with van der Waals surface area (Å²) in [5.41, 5.74) is 2.30. The number of ether oxygens (including phenoxy) is 2. The van der Waals surface area contributed by atoms with Crippen LogP contribution in [0, 0.1) is 0 Å². The summed E-state index contributed by atoms with van der Waals surface area (Å²) in [7, 11) is 3.35. The lowest BCUT2D eigenvalue weighted by molar-refractivity contribution is 0.399. The molecule has 1 atom stereocenters. The molecular weight excluding hydrogens is 300 g/mol. The Morgan fingerprint density at radius 3 is 2.59 bits per heavy atom. The Balaban J connectivity index is 2.41. The first kappa shape index (κ1) is 12.5. The molecule has 2 nitrogen and oxygen atoms in total. The van der Waals surface area contributed by atoms with Crippen LogP contribution in [0.2, 0.25) is 0 Å². The third-order valence-electron chi connectivity index (χ3n) is 2.55. The summed E-state index contributed by atoms with van der Waals surface area (Å²) in [5.74, 6) is 1.69. The minimum atomic E-state index is 0.124. The topological polar surface area (TPSA) is 18.5 Å². The number of rotatable bonds is 4. The smallest absolute Gasteiger partial charge is 0.123 e. The summed E-state index contributed by atoms with van der Waals surface area (Å²) in [6, 6.07) is 7.92. The number of thiophene rings is 1. The molecule has 1 aromatic heterocycles. The lowest BCUT2D eigenvalue weighted by atomic mass is 10.1. The fraction of sp³-hybridized carbons (Fsp3) is 0.231. The van der Waals surface area contributed by atoms with Gasteiger partial charge in [-0.05, 0) is 40.6 Å². The van der Waals surface area contributed by atoms with Crippen molar-refractivity contribution in [1.82, 2.24) is 0 Å². The van der Waals surface area contributed by atoms with E-state index in [1.807, 2.05) is 18.2 Å². The summed E-state index contributed by atoms with van der Waals surface area (Å²) >= 11 is 5.38. The van der Waals surface area contributed by atoms with Gasteiger partial charge >= 0.3 is 0 Å². The van der Waals surface area contributed by atoms with Crippen LogP contribution in [-0.2, 0) is 0 Å². The highest BCUT2D eigenvalue weighted by atomic mass is 79.9. The van der Waals surface area contributed by atoms with Crippen LogP contribution in [0.25, 0.3) is 0 Å². The molecule has 0 saturated heterocycles. The fourth-order valence-electron chi connectivity index (χ4n) is 1.64. The third-order valence-corrected chi connectivity index (χ3v) is 4.27. The second kappa shape index (κ2) is 5.56. The van der Waals surface area contributed by atoms with E-state index >= 15 is 0 Å². The van der Waals surface area contributed by atoms with Crippen molar-refractivity contribution in [3.63, 3.8) is 0 Å². The molecule has 0 fully saturated rings. The van der Waals surface area contributed by atoms with Crippen LogP contribution in [0.1, 0.15) is 16.0 Å². The van der Waals surface area contributed by atoms with Crippen LogP contribution in [0.15, 0.2) is 35.0 Å². The number of hydrogen-bond donors (Lipinski definition) is 0. The molecule has 0 aliphatic heterocycles. The molecule has 0 N–H and O–H groups in total. The SMILES string of the molecule is COc1ccc(OC)c(C(Br)c2ccsc2)c1. The van der Waals surface area contributed by atoms with Crippen molar-refractivity contribution < 1.29 is 9.47 Å². The van der Waals surface area contributed by atoms with Crippen molar-refractivity contribution in [3.05, 3.63) is 46.2 Å². The molecule has 1 unspecified atom stereocenters. The molecule has 0 aliphatic carbocycles. The van der Waals surface area contributed by atoms with Gasteiger partial charge in [-0.2, -0.15) is 11.3 Å². The lowest BCUT2D eigenvalue weighted by Gasteiger charge is -2.14. The van der Waals surface area contributed by atoms with E-state index in [-0.39, 0.29) is 4.83 Å². The van der Waals surface area contributed by atoms with E-state index in [1.165, 1.54) is 5.56 Å². The molecule has 17 heavy (non-hydrogen) atoms. The second-order valence-electron chi connectivity index (χ2n) is 3.53. The Bertz CT molecular complexity index is 482. The molecule has 0 saturated carbocycles. The Morgan fingerprint density at radius 1 is 1.18 bits per heavy atom. The summed E-state index contributed by atoms with van der Waals surface area (Å²) in [5, 5.41) is 4.19. The first-order valence-corrected chi connectivity index (χ1v) is 7.00. The average Bonchev–Trinajstić information content (AvgIpc) is 2.91. The van der Waals surface area contributed by atoms with Crippen molar-refractivity contribution >= 4 is 27.3 Å². The van der Waals surface area contributed by atoms with Crippen molar-refractivity contribution in [2.75, 3.05) is 14.2 Å². The zero-order chi connectivity index (χ0) is 12.3. The summed E-state index contributed by atoms with van der Waals surface area (Å²) in [4.78, 5) is 0.124. The number of benzene rings is 1. The van der Waals surface area contributed by atoms with Gasteiger partial charge in [-0.25, -0.2) is 0 Å². The summed E-state index contributed by atoms with van der Waals surface area (Å²) < 4.78 is 10.6. The van der Waals surface area contributed by atoms with Gasteiger partial charge in [-0.1, -0.05) is 15.9 Å². The van der Waals surface area contributed by atoms with Gasteiger partial charge in [0.1, 0.15) is 11.5 Å². The quantitative estimate of drug-likeness (QED) is 0.786. The highest BCUT2D eigenvalue weighted by Gasteiger charge is 2.16. The predicted molar refractivity (Wildman–Crippen MR) is 74.6 cm³/mol. The fourth-order valence-corrected chi connectivity index (χ4v) is 3.14. The van der Waals surface area contributed by atoms with Crippen LogP contribution in [-0.4, -0.2) is 14.2 Å². The van der Waals surface area contributed by atoms with Gasteiger partial charge in [0.05, 0.1) is 19.0 Å². The van der Waals surface area contributed by atoms with Crippen LogP contribution >= 0.6 is 27.3 Å². The van der Waals surface area contributed by atoms with Gasteiger partial charge in [-0.15, -0.1) is 0 Å². The molecule has 2 rings (SSSR count). The zero-order valence-electron chi connectivity index (χ0n) is 9.64. The van der Waals surface area contributed by atoms with Crippen molar-refractivity contribution in [3.8, 4) is 11.5 Å². The highest BCUT2D eigenvalue weighted by Crippen LogP contribution is 2.39. The predicted octanol–water partition coefficient (Wildman–Crippen LogP) is 4.25. The zero-order valence-corrected chi connectivity index (χ0v) is 12.0. The first-order valence-electron chi connectivity index (χ1n) is 5.14. The molecule has 0 aliphatic rings. The van der Waals surface area contributed by atoms with Gasteiger partial charge in [0, 0.05) is 5.56 Å². The Labute approximate surface area is 113 Å². The van der Waals surface area contributed by atoms with Crippen LogP contribution in [0.5, 0.6) is 11.5 Å². The van der Waals surface area contributed by atoms with E-state index in [0.717, 1.165) is 17.1 Å². The first-order chi connectivity index (χ1) is 8.26. The molecule has 0 amide bonds. The Kier molecular flexibility index (Phi) is 4.07. The average molecular weight is 313 g/mol. The summed E-state index contributed by atoms with van der Waals surface area (Å²) in [6.07, 6.45) is 0. The van der Waals surface area contributed by atoms with E-state index in [1.54, 1.807) is 25.6 Å². The second-order valence-corrected chi connectivity index (χ2v) is 5.22. The van der Waals surface area contributed by atoms with E-state index < -0.39 is 0 Å². The van der Waals surface area contributed by atoms with Crippen LogP contribution in [0.3, 0.4) is 0 Å². The Hall–Kier alpha value is -1.00. The molecule has 1 heterocycles. The number of hydrogen-bond acceptors (Lipinski definition) is 3. The normalized spacial score (nSPS) is 12.2. The molecule has 4 heteroatoms. The van der Waals surface area contributed by atoms with Crippen molar-refractivity contribution in [1.29, 1.82) is 0 Å². The van der Waals surface area contributed by atoms with Gasteiger partial charge in [0.15, 0.2) is 0 Å². The molecular formula is C13H13BrO2S. The van der Waals surface area contributed by atoms with Crippen LogP contribution < -0.4 is 9.47 Å². The molecule has 0 spiro atoms. The number of methoxy groups -OCH3 is 2. The van der Waals surface area contributed by atoms with E-state index in [9.17, 15) is 0 Å². The lowest BCUT2D eigenvalue weighted by Crippen LogP contribution is -1.97. The van der Waals surface area contributed by atoms with Gasteiger partial charge in [0.25, 0.3) is 0 Å². The van der Waals surface area contributed by atoms with Crippen LogP contribution in [0.4, 0.5) is 0 Å². The molecule has 0 bridgehead atoms. The molecule has 1 aromatic carbocycles. The number of halogens is 1. The highest BCUT2D eigenvalue weighted by molar-refractivity contribution is 9.09. The third kappa shape index (κ3) is 2.64.